The molecule has 3 aliphatic heterocycles. The summed E-state index contributed by atoms with van der Waals surface area (Å²) in [6.07, 6.45) is 18.6. The number of rotatable bonds is 23. The number of allylic oxidation sites excluding steroid dienone is 6. The number of thiazole rings is 1. The number of nitrogens with one attached hydrogen (secondary N) is 3. The number of cyclic esters (lactones) is 2. The molecule has 1 unspecified atom stereocenters. The number of nitrogens with zero attached hydrogens (tertiary/aromatic N) is 2. The molecule has 0 aromatic carbocycles. The Morgan fingerprint density at radius 3 is 2.52 bits per heavy atom. The third-order valence-corrected chi connectivity index (χ3v) is 14.3. The average Bonchev–Trinajstić information content (AvgIpc) is 3.99. The molecule has 0 spiro atoms. The first-order valence-corrected chi connectivity index (χ1v) is 26.0. The Labute approximate surface area is 407 Å². The summed E-state index contributed by atoms with van der Waals surface area (Å²) in [6, 6.07) is -0.0167. The highest BCUT2D eigenvalue weighted by Gasteiger charge is 2.42. The molecule has 3 N–H and O–H groups in total. The molecule has 0 aliphatic carbocycles. The number of Topliss-reactive ketones (excluding diaryl/α,β-unsaturated/α-hetero) is 1. The van der Waals surface area contributed by atoms with Gasteiger partial charge in [-0.05, 0) is 85.2 Å². The van der Waals surface area contributed by atoms with Crippen LogP contribution in [0.1, 0.15) is 115 Å². The third kappa shape index (κ3) is 22.8. The molecule has 67 heavy (non-hydrogen) atoms. The van der Waals surface area contributed by atoms with Crippen LogP contribution < -0.4 is 16.0 Å². The van der Waals surface area contributed by atoms with Gasteiger partial charge in [0.2, 0.25) is 11.8 Å². The lowest BCUT2D eigenvalue weighted by Gasteiger charge is -2.22. The van der Waals surface area contributed by atoms with Gasteiger partial charge in [-0.2, -0.15) is 11.8 Å². The van der Waals surface area contributed by atoms with E-state index in [9.17, 15) is 24.0 Å². The van der Waals surface area contributed by atoms with E-state index in [1.165, 1.54) is 17.4 Å². The molecule has 0 saturated carbocycles. The highest BCUT2D eigenvalue weighted by molar-refractivity contribution is 8.00. The first-order chi connectivity index (χ1) is 32.1. The zero-order chi connectivity index (χ0) is 48.6. The molecule has 2 amide bonds. The monoisotopic (exact) mass is 968 g/mol. The van der Waals surface area contributed by atoms with Crippen LogP contribution >= 0.6 is 23.1 Å². The molecule has 16 heteroatoms. The molecule has 1 aromatic heterocycles. The summed E-state index contributed by atoms with van der Waals surface area (Å²) in [5, 5.41) is 12.7. The maximum atomic E-state index is 13.2. The number of fused-ring (bicyclic) bond motifs is 3. The first kappa shape index (κ1) is 55.7. The van der Waals surface area contributed by atoms with Gasteiger partial charge in [0, 0.05) is 86.5 Å². The van der Waals surface area contributed by atoms with E-state index < -0.39 is 12.1 Å². The predicted molar refractivity (Wildman–Crippen MR) is 267 cm³/mol. The van der Waals surface area contributed by atoms with Crippen molar-refractivity contribution in [1.29, 1.82) is 0 Å². The zero-order valence-corrected chi connectivity index (χ0v) is 42.6. The van der Waals surface area contributed by atoms with Gasteiger partial charge >= 0.3 is 11.9 Å². The van der Waals surface area contributed by atoms with E-state index in [4.69, 9.17) is 23.9 Å². The van der Waals surface area contributed by atoms with Crippen LogP contribution in [0.4, 0.5) is 0 Å². The smallest absolute Gasteiger partial charge is 0.331 e. The van der Waals surface area contributed by atoms with Crippen LogP contribution in [-0.2, 0) is 49.3 Å². The third-order valence-electron chi connectivity index (χ3n) is 11.8. The van der Waals surface area contributed by atoms with Crippen LogP contribution in [0.5, 0.6) is 0 Å². The number of carbonyl (C=O) groups excluding carboxylic acids is 5. The highest BCUT2D eigenvalue weighted by Crippen LogP contribution is 2.39. The van der Waals surface area contributed by atoms with Gasteiger partial charge in [-0.25, -0.2) is 9.78 Å². The normalized spacial score (nSPS) is 25.9. The first-order valence-electron chi connectivity index (χ1n) is 24.1. The fourth-order valence-electron chi connectivity index (χ4n) is 8.18. The van der Waals surface area contributed by atoms with Crippen molar-refractivity contribution >= 4 is 52.6 Å². The lowest BCUT2D eigenvalue weighted by molar-refractivity contribution is -0.149. The van der Waals surface area contributed by atoms with Crippen LogP contribution in [0.25, 0.3) is 0 Å². The number of thioether (sulfide) groups is 1. The Kier molecular flexibility index (Phi) is 25.4. The SMILES string of the molecule is CC(/C=C/C(C)=C/[C@@H]1Cc2nc(cs2)[C@@H](C)CC(NCC(=O)CCCOCCOCCNC(=O)CCCC[C@@H]2SC[C@@H]3CC(=O)N[C@@H]32)CC(=O)O[C@@H](C)C/C(C)=C/C=C\C(=O)O1)=C\CN(C)C. The summed E-state index contributed by atoms with van der Waals surface area (Å²) in [6.45, 7) is 12.9. The molecule has 4 heterocycles. The number of likely N-dealkylation sites (N-methyl/N-ethyl adjacent to an activating group) is 1. The second kappa shape index (κ2) is 30.5. The minimum Gasteiger partial charge on any atom is -0.462 e. The van der Waals surface area contributed by atoms with E-state index in [0.29, 0.717) is 95.1 Å². The van der Waals surface area contributed by atoms with E-state index in [2.05, 4.69) is 46.8 Å². The minimum atomic E-state index is -0.536. The van der Waals surface area contributed by atoms with Gasteiger partial charge in [0.25, 0.3) is 0 Å². The molecule has 2 bridgehead atoms. The molecular formula is C51H77N5O9S2. The number of amides is 2. The van der Waals surface area contributed by atoms with Gasteiger partial charge in [-0.1, -0.05) is 60.4 Å². The van der Waals surface area contributed by atoms with Gasteiger partial charge in [0.1, 0.15) is 18.0 Å². The van der Waals surface area contributed by atoms with Crippen LogP contribution in [0, 0.1) is 5.92 Å². The Bertz CT molecular complexity index is 1910. The van der Waals surface area contributed by atoms with Gasteiger partial charge in [0.05, 0.1) is 43.5 Å². The maximum Gasteiger partial charge on any atom is 0.331 e. The zero-order valence-electron chi connectivity index (χ0n) is 41.0. The van der Waals surface area contributed by atoms with Crippen molar-refractivity contribution in [2.75, 3.05) is 65.9 Å². The summed E-state index contributed by atoms with van der Waals surface area (Å²) < 4.78 is 23.0. The Morgan fingerprint density at radius 1 is 0.955 bits per heavy atom. The van der Waals surface area contributed by atoms with Gasteiger partial charge in [-0.15, -0.1) is 11.3 Å². The molecular weight excluding hydrogens is 891 g/mol. The molecule has 3 aliphatic rings. The van der Waals surface area contributed by atoms with Crippen LogP contribution in [0.3, 0.4) is 0 Å². The quantitative estimate of drug-likeness (QED) is 0.0584. The standard InChI is InChI=1S/C51H77N5O9S2/c1-35(19-21-56(6)7)17-18-37(3)27-43-31-48-54-44(34-67-48)38(4)28-41(30-50(61)64-39(5)26-36(2)12-10-16-49(60)65-43)53-32-42(57)13-11-22-62-24-25-63-23-20-52-46(58)15-9-8-14-45-51-40(33-66-45)29-47(59)55-51/h10,12,16-19,27,34,38-41,43,45,51,53H,8-9,11,13-15,20-26,28-33H2,1-7H3,(H,52,58)(H,55,59)/b16-10-,18-17+,35-19+,36-12+,37-27+/t38-,39-,40-,41?,43+,45-,51-/m0/s1. The van der Waals surface area contributed by atoms with E-state index in [1.807, 2.05) is 70.2 Å². The molecule has 372 valence electrons. The van der Waals surface area contributed by atoms with Crippen molar-refractivity contribution in [3.05, 3.63) is 75.3 Å². The van der Waals surface area contributed by atoms with Crippen LogP contribution in [-0.4, -0.2) is 135 Å². The highest BCUT2D eigenvalue weighted by atomic mass is 32.2. The number of carbonyl (C=O) groups is 5. The number of ketones is 1. The van der Waals surface area contributed by atoms with Crippen molar-refractivity contribution in [2.45, 2.75) is 141 Å². The van der Waals surface area contributed by atoms with Crippen molar-refractivity contribution in [1.82, 2.24) is 25.8 Å². The molecule has 7 atom stereocenters. The number of aromatic nitrogens is 1. The van der Waals surface area contributed by atoms with E-state index in [1.54, 1.807) is 6.08 Å². The van der Waals surface area contributed by atoms with Crippen molar-refractivity contribution in [3.8, 4) is 0 Å². The van der Waals surface area contributed by atoms with Gasteiger partial charge in [0.15, 0.2) is 0 Å². The summed E-state index contributed by atoms with van der Waals surface area (Å²) in [5.41, 5.74) is 3.91. The van der Waals surface area contributed by atoms with E-state index in [-0.39, 0.29) is 54.6 Å². The lowest BCUT2D eigenvalue weighted by atomic mass is 9.96. The Hall–Kier alpha value is -3.93. The van der Waals surface area contributed by atoms with E-state index in [0.717, 1.165) is 59.0 Å². The topological polar surface area (TPSA) is 174 Å². The maximum absolute atomic E-state index is 13.2. The van der Waals surface area contributed by atoms with Crippen molar-refractivity contribution in [3.63, 3.8) is 0 Å². The van der Waals surface area contributed by atoms with Crippen LogP contribution in [0.2, 0.25) is 0 Å². The molecule has 0 radical (unpaired) electrons. The summed E-state index contributed by atoms with van der Waals surface area (Å²) in [4.78, 5) is 70.2. The van der Waals surface area contributed by atoms with Crippen molar-refractivity contribution in [2.24, 2.45) is 5.92 Å². The molecule has 2 fully saturated rings. The number of ether oxygens (including phenoxy) is 4. The van der Waals surface area contributed by atoms with Crippen molar-refractivity contribution < 1.29 is 42.9 Å². The average molecular weight is 968 g/mol. The number of hydrogen-bond donors (Lipinski definition) is 3. The fraction of sp³-hybridized carbons (Fsp3) is 0.647. The minimum absolute atomic E-state index is 0.0225. The lowest BCUT2D eigenvalue weighted by Crippen LogP contribution is -2.37. The molecule has 14 nitrogen and oxygen atoms in total. The number of esters is 2. The largest absolute Gasteiger partial charge is 0.462 e. The summed E-state index contributed by atoms with van der Waals surface area (Å²) in [5.74, 6) is 0.900. The van der Waals surface area contributed by atoms with Gasteiger partial charge in [-0.3, -0.25) is 19.2 Å². The summed E-state index contributed by atoms with van der Waals surface area (Å²) >= 11 is 3.46. The summed E-state index contributed by atoms with van der Waals surface area (Å²) in [7, 11) is 4.06. The van der Waals surface area contributed by atoms with E-state index >= 15 is 0 Å². The Morgan fingerprint density at radius 2 is 1.73 bits per heavy atom. The number of unbranched alkanes of at least 4 members (excludes halogenated alkanes) is 1. The fourth-order valence-corrected chi connectivity index (χ4v) is 10.8. The second-order valence-corrected chi connectivity index (χ2v) is 20.7. The molecule has 1 aromatic rings. The molecule has 2 saturated heterocycles. The Balaban J connectivity index is 1.18. The molecule has 4 rings (SSSR count). The van der Waals surface area contributed by atoms with Crippen LogP contribution in [0.15, 0.2) is 64.6 Å². The predicted octanol–water partition coefficient (Wildman–Crippen LogP) is 6.97. The second-order valence-electron chi connectivity index (χ2n) is 18.5. The van der Waals surface area contributed by atoms with Gasteiger partial charge < -0.3 is 39.8 Å². The number of hydrogen-bond acceptors (Lipinski definition) is 14.